The minimum absolute atomic E-state index is 0.319. The number of imidazole rings is 1. The number of hydrogen-bond acceptors (Lipinski definition) is 3. The molecule has 2 aromatic heterocycles. The number of benzene rings is 1. The predicted molar refractivity (Wildman–Crippen MR) is 99.5 cm³/mol. The van der Waals surface area contributed by atoms with E-state index in [4.69, 9.17) is 4.42 Å². The number of carbonyl (C=O) groups is 1. The Morgan fingerprint density at radius 3 is 3.04 bits per heavy atom. The van der Waals surface area contributed by atoms with Gasteiger partial charge in [-0.3, -0.25) is 4.79 Å². The van der Waals surface area contributed by atoms with Gasteiger partial charge in [0.15, 0.2) is 0 Å². The van der Waals surface area contributed by atoms with E-state index in [1.807, 2.05) is 18.3 Å². The molecule has 1 saturated heterocycles. The standard InChI is InChI=1S/C21H23N3O2/c25-21(16-3-4-16)24-9-1-2-15(14-24)13-23-10-8-22-20(23)18-5-6-19-17(12-18)7-11-26-19/h5-8,10-12,15-16H,1-4,9,13-14H2/t15-/m1/s1. The van der Waals surface area contributed by atoms with Gasteiger partial charge < -0.3 is 13.9 Å². The van der Waals surface area contributed by atoms with Gasteiger partial charge in [0.25, 0.3) is 0 Å². The third kappa shape index (κ3) is 2.91. The summed E-state index contributed by atoms with van der Waals surface area (Å²) in [4.78, 5) is 19.1. The summed E-state index contributed by atoms with van der Waals surface area (Å²) in [6, 6.07) is 8.17. The van der Waals surface area contributed by atoms with Gasteiger partial charge in [-0.15, -0.1) is 0 Å². The van der Waals surface area contributed by atoms with E-state index in [9.17, 15) is 4.79 Å². The van der Waals surface area contributed by atoms with Gasteiger partial charge in [-0.25, -0.2) is 4.98 Å². The molecule has 0 N–H and O–H groups in total. The van der Waals surface area contributed by atoms with Crippen molar-refractivity contribution in [3.05, 3.63) is 42.9 Å². The molecule has 1 aromatic carbocycles. The normalized spacial score (nSPS) is 20.6. The Morgan fingerprint density at radius 2 is 2.15 bits per heavy atom. The monoisotopic (exact) mass is 349 g/mol. The third-order valence-corrected chi connectivity index (χ3v) is 5.64. The molecule has 1 aliphatic carbocycles. The van der Waals surface area contributed by atoms with Gasteiger partial charge in [-0.1, -0.05) is 0 Å². The molecular weight excluding hydrogens is 326 g/mol. The Balaban J connectivity index is 1.34. The maximum atomic E-state index is 12.4. The number of nitrogens with zero attached hydrogens (tertiary/aromatic N) is 3. The number of hydrogen-bond donors (Lipinski definition) is 0. The van der Waals surface area contributed by atoms with Gasteiger partial charge >= 0.3 is 0 Å². The molecule has 3 aromatic rings. The molecule has 5 nitrogen and oxygen atoms in total. The van der Waals surface area contributed by atoms with Crippen molar-refractivity contribution >= 4 is 16.9 Å². The highest BCUT2D eigenvalue weighted by atomic mass is 16.3. The Morgan fingerprint density at radius 1 is 1.23 bits per heavy atom. The lowest BCUT2D eigenvalue weighted by molar-refractivity contribution is -0.134. The first-order valence-electron chi connectivity index (χ1n) is 9.55. The van der Waals surface area contributed by atoms with Crippen LogP contribution in [-0.4, -0.2) is 33.4 Å². The minimum atomic E-state index is 0.319. The van der Waals surface area contributed by atoms with E-state index in [0.717, 1.165) is 61.3 Å². The van der Waals surface area contributed by atoms with Crippen LogP contribution in [0.5, 0.6) is 0 Å². The summed E-state index contributed by atoms with van der Waals surface area (Å²) >= 11 is 0. The zero-order chi connectivity index (χ0) is 17.5. The van der Waals surface area contributed by atoms with Gasteiger partial charge in [-0.2, -0.15) is 0 Å². The number of carbonyl (C=O) groups excluding carboxylic acids is 1. The van der Waals surface area contributed by atoms with Crippen molar-refractivity contribution in [3.8, 4) is 11.4 Å². The fraction of sp³-hybridized carbons (Fsp3) is 0.429. The summed E-state index contributed by atoms with van der Waals surface area (Å²) in [5.41, 5.74) is 2.00. The van der Waals surface area contributed by atoms with E-state index in [1.54, 1.807) is 6.26 Å². The van der Waals surface area contributed by atoms with Crippen molar-refractivity contribution in [2.45, 2.75) is 32.2 Å². The topological polar surface area (TPSA) is 51.3 Å². The summed E-state index contributed by atoms with van der Waals surface area (Å²) in [5, 5.41) is 1.09. The lowest BCUT2D eigenvalue weighted by atomic mass is 9.97. The second-order valence-electron chi connectivity index (χ2n) is 7.64. The molecule has 0 spiro atoms. The number of aromatic nitrogens is 2. The van der Waals surface area contributed by atoms with Crippen molar-refractivity contribution in [2.24, 2.45) is 11.8 Å². The van der Waals surface area contributed by atoms with Crippen LogP contribution in [0.2, 0.25) is 0 Å². The van der Waals surface area contributed by atoms with Crippen LogP contribution in [0, 0.1) is 11.8 Å². The van der Waals surface area contributed by atoms with Gasteiger partial charge in [0.1, 0.15) is 11.4 Å². The van der Waals surface area contributed by atoms with Crippen LogP contribution in [0.1, 0.15) is 25.7 Å². The quantitative estimate of drug-likeness (QED) is 0.717. The molecule has 1 amide bonds. The zero-order valence-corrected chi connectivity index (χ0v) is 14.8. The van der Waals surface area contributed by atoms with Crippen molar-refractivity contribution in [1.29, 1.82) is 0 Å². The largest absolute Gasteiger partial charge is 0.464 e. The van der Waals surface area contributed by atoms with Gasteiger partial charge in [0.2, 0.25) is 5.91 Å². The van der Waals surface area contributed by atoms with Gasteiger partial charge in [0, 0.05) is 48.9 Å². The molecule has 1 atom stereocenters. The Labute approximate surface area is 152 Å². The number of fused-ring (bicyclic) bond motifs is 1. The number of piperidine rings is 1. The molecule has 1 aliphatic heterocycles. The predicted octanol–water partition coefficient (Wildman–Crippen LogP) is 3.94. The van der Waals surface area contributed by atoms with Crippen molar-refractivity contribution in [3.63, 3.8) is 0 Å². The van der Waals surface area contributed by atoms with Crippen molar-refractivity contribution < 1.29 is 9.21 Å². The molecule has 3 heterocycles. The van der Waals surface area contributed by atoms with Gasteiger partial charge in [-0.05, 0) is 55.9 Å². The second-order valence-corrected chi connectivity index (χ2v) is 7.64. The molecule has 2 aliphatic rings. The molecule has 0 bridgehead atoms. The number of likely N-dealkylation sites (tertiary alicyclic amines) is 1. The Bertz CT molecular complexity index is 938. The van der Waals surface area contributed by atoms with Crippen LogP contribution in [0.25, 0.3) is 22.4 Å². The molecular formula is C21H23N3O2. The highest BCUT2D eigenvalue weighted by Crippen LogP contribution is 2.33. The van der Waals surface area contributed by atoms with Crippen LogP contribution >= 0.6 is 0 Å². The average molecular weight is 349 g/mol. The third-order valence-electron chi connectivity index (χ3n) is 5.64. The zero-order valence-electron chi connectivity index (χ0n) is 14.8. The highest BCUT2D eigenvalue weighted by molar-refractivity contribution is 5.82. The van der Waals surface area contributed by atoms with Gasteiger partial charge in [0.05, 0.1) is 6.26 Å². The lowest BCUT2D eigenvalue weighted by Gasteiger charge is -2.33. The van der Waals surface area contributed by atoms with E-state index in [0.29, 0.717) is 17.7 Å². The Hall–Kier alpha value is -2.56. The van der Waals surface area contributed by atoms with E-state index in [-0.39, 0.29) is 0 Å². The van der Waals surface area contributed by atoms with Crippen LogP contribution < -0.4 is 0 Å². The first-order chi connectivity index (χ1) is 12.8. The van der Waals surface area contributed by atoms with Crippen LogP contribution in [0.4, 0.5) is 0 Å². The fourth-order valence-electron chi connectivity index (χ4n) is 4.10. The second kappa shape index (κ2) is 6.31. The fourth-order valence-corrected chi connectivity index (χ4v) is 4.10. The maximum absolute atomic E-state index is 12.4. The smallest absolute Gasteiger partial charge is 0.225 e. The van der Waals surface area contributed by atoms with E-state index in [1.165, 1.54) is 6.42 Å². The van der Waals surface area contributed by atoms with Crippen LogP contribution in [-0.2, 0) is 11.3 Å². The summed E-state index contributed by atoms with van der Waals surface area (Å²) in [5.74, 6) is 2.18. The first kappa shape index (κ1) is 15.7. The molecule has 26 heavy (non-hydrogen) atoms. The van der Waals surface area contributed by atoms with Crippen LogP contribution in [0.15, 0.2) is 47.3 Å². The van der Waals surface area contributed by atoms with E-state index >= 15 is 0 Å². The summed E-state index contributed by atoms with van der Waals surface area (Å²) in [7, 11) is 0. The average Bonchev–Trinajstić information content (AvgIpc) is 3.23. The first-order valence-corrected chi connectivity index (χ1v) is 9.55. The van der Waals surface area contributed by atoms with E-state index < -0.39 is 0 Å². The lowest BCUT2D eigenvalue weighted by Crippen LogP contribution is -2.41. The van der Waals surface area contributed by atoms with Crippen molar-refractivity contribution in [2.75, 3.05) is 13.1 Å². The SMILES string of the molecule is O=C(C1CC1)N1CCC[C@H](Cn2ccnc2-c2ccc3occc3c2)C1. The molecule has 0 radical (unpaired) electrons. The summed E-state index contributed by atoms with van der Waals surface area (Å²) in [6.07, 6.45) is 10.1. The number of amides is 1. The molecule has 2 fully saturated rings. The maximum Gasteiger partial charge on any atom is 0.225 e. The summed E-state index contributed by atoms with van der Waals surface area (Å²) in [6.45, 7) is 2.72. The molecule has 5 heteroatoms. The van der Waals surface area contributed by atoms with E-state index in [2.05, 4.69) is 32.8 Å². The minimum Gasteiger partial charge on any atom is -0.464 e. The van der Waals surface area contributed by atoms with Crippen molar-refractivity contribution in [1.82, 2.24) is 14.5 Å². The highest BCUT2D eigenvalue weighted by Gasteiger charge is 2.35. The molecule has 5 rings (SSSR count). The molecule has 0 unspecified atom stereocenters. The summed E-state index contributed by atoms with van der Waals surface area (Å²) < 4.78 is 7.67. The molecule has 1 saturated carbocycles. The molecule has 134 valence electrons. The van der Waals surface area contributed by atoms with Crippen LogP contribution in [0.3, 0.4) is 0 Å². The Kier molecular flexibility index (Phi) is 3.80. The number of furan rings is 1. The number of rotatable bonds is 4.